The van der Waals surface area contributed by atoms with Gasteiger partial charge in [0.2, 0.25) is 15.9 Å². The monoisotopic (exact) mass is 367 g/mol. The van der Waals surface area contributed by atoms with Gasteiger partial charge in [0.05, 0.1) is 15.1 Å². The second-order valence-electron chi connectivity index (χ2n) is 6.18. The summed E-state index contributed by atoms with van der Waals surface area (Å²) >= 11 is 0.997. The normalized spacial score (nSPS) is 19.8. The zero-order chi connectivity index (χ0) is 16.9. The summed E-state index contributed by atoms with van der Waals surface area (Å²) in [6.07, 6.45) is 1.91. The summed E-state index contributed by atoms with van der Waals surface area (Å²) in [6.45, 7) is 1.49. The Balaban J connectivity index is 1.53. The fourth-order valence-electron chi connectivity index (χ4n) is 2.97. The van der Waals surface area contributed by atoms with Crippen LogP contribution in [0.4, 0.5) is 0 Å². The van der Waals surface area contributed by atoms with E-state index in [9.17, 15) is 18.0 Å². The number of hydrogen-bond donors (Lipinski definition) is 1. The second-order valence-corrected chi connectivity index (χ2v) is 9.13. The third-order valence-corrected chi connectivity index (χ3v) is 7.25. The number of thiazole rings is 1. The number of sulfonamides is 1. The molecule has 2 aliphatic rings. The van der Waals surface area contributed by atoms with Crippen molar-refractivity contribution in [3.05, 3.63) is 27.9 Å². The molecule has 1 aromatic heterocycles. The molecule has 1 aromatic carbocycles. The maximum Gasteiger partial charge on any atom is 0.305 e. The molecule has 1 saturated carbocycles. The molecule has 128 valence electrons. The quantitative estimate of drug-likeness (QED) is 0.870. The lowest BCUT2D eigenvalue weighted by Crippen LogP contribution is -2.50. The van der Waals surface area contributed by atoms with E-state index in [1.807, 2.05) is 0 Å². The van der Waals surface area contributed by atoms with Gasteiger partial charge in [0.25, 0.3) is 0 Å². The SMILES string of the molecule is O=C(C1CC1)N1CCN(S(=O)(=O)c2ccc3[nH]c(=O)sc3c2)CC1. The Labute approximate surface area is 142 Å². The average Bonchev–Trinajstić information content (AvgIpc) is 3.35. The number of carbonyl (C=O) groups is 1. The molecule has 0 unspecified atom stereocenters. The fourth-order valence-corrected chi connectivity index (χ4v) is 5.27. The van der Waals surface area contributed by atoms with Gasteiger partial charge in [-0.05, 0) is 31.0 Å². The average molecular weight is 367 g/mol. The van der Waals surface area contributed by atoms with Crippen LogP contribution in [0.2, 0.25) is 0 Å². The Morgan fingerprint density at radius 3 is 2.54 bits per heavy atom. The first-order valence-corrected chi connectivity index (χ1v) is 10.1. The minimum Gasteiger partial charge on any atom is -0.340 e. The molecule has 9 heteroatoms. The van der Waals surface area contributed by atoms with Crippen LogP contribution in [0.1, 0.15) is 12.8 Å². The van der Waals surface area contributed by atoms with E-state index in [2.05, 4.69) is 4.98 Å². The highest BCUT2D eigenvalue weighted by molar-refractivity contribution is 7.89. The number of amides is 1. The topological polar surface area (TPSA) is 90.6 Å². The van der Waals surface area contributed by atoms with Crippen molar-refractivity contribution in [2.45, 2.75) is 17.7 Å². The number of nitrogens with one attached hydrogen (secondary N) is 1. The molecule has 1 saturated heterocycles. The Morgan fingerprint density at radius 2 is 1.88 bits per heavy atom. The van der Waals surface area contributed by atoms with Gasteiger partial charge in [0.1, 0.15) is 0 Å². The first kappa shape index (κ1) is 15.8. The zero-order valence-corrected chi connectivity index (χ0v) is 14.5. The number of rotatable bonds is 3. The number of aromatic amines is 1. The summed E-state index contributed by atoms with van der Waals surface area (Å²) in [6, 6.07) is 4.67. The van der Waals surface area contributed by atoms with Crippen molar-refractivity contribution in [2.24, 2.45) is 5.92 Å². The third kappa shape index (κ3) is 2.76. The first-order valence-electron chi connectivity index (χ1n) is 7.87. The maximum atomic E-state index is 12.8. The van der Waals surface area contributed by atoms with Crippen molar-refractivity contribution >= 4 is 37.5 Å². The Bertz CT molecular complexity index is 950. The van der Waals surface area contributed by atoms with Gasteiger partial charge in [0, 0.05) is 32.1 Å². The Morgan fingerprint density at radius 1 is 1.17 bits per heavy atom. The molecule has 2 heterocycles. The maximum absolute atomic E-state index is 12.8. The number of hydrogen-bond acceptors (Lipinski definition) is 5. The van der Waals surface area contributed by atoms with Crippen LogP contribution in [0, 0.1) is 5.92 Å². The summed E-state index contributed by atoms with van der Waals surface area (Å²) in [7, 11) is -3.61. The van der Waals surface area contributed by atoms with Crippen molar-refractivity contribution in [1.82, 2.24) is 14.2 Å². The summed E-state index contributed by atoms with van der Waals surface area (Å²) in [5.41, 5.74) is 0.642. The van der Waals surface area contributed by atoms with Crippen molar-refractivity contribution in [3.8, 4) is 0 Å². The number of aromatic nitrogens is 1. The molecule has 0 radical (unpaired) electrons. The van der Waals surface area contributed by atoms with Crippen molar-refractivity contribution in [3.63, 3.8) is 0 Å². The largest absolute Gasteiger partial charge is 0.340 e. The predicted molar refractivity (Wildman–Crippen MR) is 90.5 cm³/mol. The summed E-state index contributed by atoms with van der Waals surface area (Å²) in [5, 5.41) is 0. The van der Waals surface area contributed by atoms with Crippen molar-refractivity contribution in [2.75, 3.05) is 26.2 Å². The van der Waals surface area contributed by atoms with Gasteiger partial charge in [-0.25, -0.2) is 8.42 Å². The molecule has 1 aliphatic carbocycles. The third-order valence-electron chi connectivity index (χ3n) is 4.51. The Hall–Kier alpha value is -1.71. The van der Waals surface area contributed by atoms with E-state index in [1.165, 1.54) is 16.4 Å². The van der Waals surface area contributed by atoms with Gasteiger partial charge in [-0.3, -0.25) is 9.59 Å². The summed E-state index contributed by atoms with van der Waals surface area (Å²) in [5.74, 6) is 0.317. The predicted octanol–water partition coefficient (Wildman–Crippen LogP) is 0.832. The van der Waals surface area contributed by atoms with E-state index < -0.39 is 10.0 Å². The lowest BCUT2D eigenvalue weighted by atomic mass is 10.3. The molecule has 2 aromatic rings. The minimum atomic E-state index is -3.61. The Kier molecular flexibility index (Phi) is 3.74. The molecule has 1 N–H and O–H groups in total. The van der Waals surface area contributed by atoms with Gasteiger partial charge in [-0.15, -0.1) is 0 Å². The molecule has 0 bridgehead atoms. The molecule has 2 fully saturated rings. The highest BCUT2D eigenvalue weighted by Gasteiger charge is 2.36. The van der Waals surface area contributed by atoms with Crippen LogP contribution in [0.25, 0.3) is 10.2 Å². The smallest absolute Gasteiger partial charge is 0.305 e. The second kappa shape index (κ2) is 5.68. The van der Waals surface area contributed by atoms with E-state index in [4.69, 9.17) is 0 Å². The number of fused-ring (bicyclic) bond motifs is 1. The summed E-state index contributed by atoms with van der Waals surface area (Å²) in [4.78, 5) is 27.9. The first-order chi connectivity index (χ1) is 11.4. The van der Waals surface area contributed by atoms with E-state index >= 15 is 0 Å². The molecule has 1 aliphatic heterocycles. The zero-order valence-electron chi connectivity index (χ0n) is 12.9. The number of piperazine rings is 1. The molecule has 24 heavy (non-hydrogen) atoms. The van der Waals surface area contributed by atoms with Crippen LogP contribution in [0.3, 0.4) is 0 Å². The van der Waals surface area contributed by atoms with E-state index in [1.54, 1.807) is 11.0 Å². The molecule has 1 amide bonds. The molecular formula is C15H17N3O4S2. The van der Waals surface area contributed by atoms with Gasteiger partial charge < -0.3 is 9.88 Å². The van der Waals surface area contributed by atoms with Crippen LogP contribution in [-0.4, -0.2) is 54.7 Å². The van der Waals surface area contributed by atoms with Crippen LogP contribution >= 0.6 is 11.3 Å². The highest BCUT2D eigenvalue weighted by Crippen LogP contribution is 2.31. The van der Waals surface area contributed by atoms with Crippen LogP contribution < -0.4 is 4.87 Å². The molecule has 4 rings (SSSR count). The minimum absolute atomic E-state index is 0.158. The summed E-state index contributed by atoms with van der Waals surface area (Å²) < 4.78 is 27.6. The van der Waals surface area contributed by atoms with Gasteiger partial charge in [-0.2, -0.15) is 4.31 Å². The van der Waals surface area contributed by atoms with Crippen molar-refractivity contribution in [1.29, 1.82) is 0 Å². The van der Waals surface area contributed by atoms with E-state index in [-0.39, 0.29) is 21.6 Å². The van der Waals surface area contributed by atoms with Crippen LogP contribution in [-0.2, 0) is 14.8 Å². The standard InChI is InChI=1S/C15H17N3O4S2/c19-14(10-1-2-10)17-5-7-18(8-6-17)24(21,22)11-3-4-12-13(9-11)23-15(20)16-12/h3-4,9-10H,1-2,5-8H2,(H,16,20). The number of carbonyl (C=O) groups excluding carboxylic acids is 1. The number of H-pyrrole nitrogens is 1. The molecule has 0 spiro atoms. The lowest BCUT2D eigenvalue weighted by molar-refractivity contribution is -0.133. The van der Waals surface area contributed by atoms with Gasteiger partial charge >= 0.3 is 4.87 Å². The lowest BCUT2D eigenvalue weighted by Gasteiger charge is -2.34. The fraction of sp³-hybridized carbons (Fsp3) is 0.467. The van der Waals surface area contributed by atoms with E-state index in [0.29, 0.717) is 36.4 Å². The van der Waals surface area contributed by atoms with Gasteiger partial charge in [-0.1, -0.05) is 11.3 Å². The molecule has 7 nitrogen and oxygen atoms in total. The molecule has 0 atom stereocenters. The number of nitrogens with zero attached hydrogens (tertiary/aromatic N) is 2. The molecular weight excluding hydrogens is 350 g/mol. The van der Waals surface area contributed by atoms with Gasteiger partial charge in [0.15, 0.2) is 0 Å². The van der Waals surface area contributed by atoms with E-state index in [0.717, 1.165) is 24.2 Å². The van der Waals surface area contributed by atoms with Crippen LogP contribution in [0.5, 0.6) is 0 Å². The van der Waals surface area contributed by atoms with Crippen molar-refractivity contribution < 1.29 is 13.2 Å². The van der Waals surface area contributed by atoms with Crippen LogP contribution in [0.15, 0.2) is 27.9 Å². The highest BCUT2D eigenvalue weighted by atomic mass is 32.2. The number of benzene rings is 1.